The van der Waals surface area contributed by atoms with E-state index in [9.17, 15) is 23.1 Å². The lowest BCUT2D eigenvalue weighted by atomic mass is 9.97. The van der Waals surface area contributed by atoms with Crippen LogP contribution in [0.1, 0.15) is 17.8 Å². The normalized spacial score (nSPS) is 14.9. The second-order valence-corrected chi connectivity index (χ2v) is 7.41. The summed E-state index contributed by atoms with van der Waals surface area (Å²) in [6, 6.07) is 9.19. The van der Waals surface area contributed by atoms with E-state index in [2.05, 4.69) is 15.6 Å². The standard InChI is InChI=1S/C20H28F3N5O2/c1-27(2)16(13-15-7-5-4-6-8-15)14-26-18(29)25-10-9-19(30,20(21,22)23)17-24-11-12-28(17)3/h4-8,11-12,16,30H,9-10,13-14H2,1-3H3,(H2,25,26,29). The monoisotopic (exact) mass is 427 g/mol. The number of alkyl halides is 3. The van der Waals surface area contributed by atoms with Gasteiger partial charge in [0.1, 0.15) is 5.82 Å². The van der Waals surface area contributed by atoms with Crippen LogP contribution in [-0.2, 0) is 19.1 Å². The molecule has 0 aliphatic heterocycles. The first-order chi connectivity index (χ1) is 14.0. The van der Waals surface area contributed by atoms with Crippen LogP contribution in [0.4, 0.5) is 18.0 Å². The molecule has 2 atom stereocenters. The summed E-state index contributed by atoms with van der Waals surface area (Å²) < 4.78 is 41.6. The van der Waals surface area contributed by atoms with E-state index in [-0.39, 0.29) is 12.6 Å². The maximum absolute atomic E-state index is 13.5. The first-order valence-corrected chi connectivity index (χ1v) is 9.53. The van der Waals surface area contributed by atoms with E-state index in [4.69, 9.17) is 0 Å². The van der Waals surface area contributed by atoms with Crippen molar-refractivity contribution in [1.82, 2.24) is 25.1 Å². The van der Waals surface area contributed by atoms with Crippen LogP contribution in [0.15, 0.2) is 42.7 Å². The lowest BCUT2D eigenvalue weighted by Gasteiger charge is -2.30. The van der Waals surface area contributed by atoms with Gasteiger partial charge in [-0.05, 0) is 26.1 Å². The number of hydrogen-bond acceptors (Lipinski definition) is 4. The fourth-order valence-corrected chi connectivity index (χ4v) is 3.10. The third-order valence-corrected chi connectivity index (χ3v) is 4.98. The summed E-state index contributed by atoms with van der Waals surface area (Å²) in [5.41, 5.74) is -2.04. The maximum atomic E-state index is 13.5. The van der Waals surface area contributed by atoms with Gasteiger partial charge < -0.3 is 25.2 Å². The average Bonchev–Trinajstić information content (AvgIpc) is 3.11. The molecule has 166 valence electrons. The van der Waals surface area contributed by atoms with Crippen molar-refractivity contribution >= 4 is 6.03 Å². The first-order valence-electron chi connectivity index (χ1n) is 9.53. The van der Waals surface area contributed by atoms with Crippen molar-refractivity contribution in [3.05, 3.63) is 54.1 Å². The number of aromatic nitrogens is 2. The number of amides is 2. The zero-order valence-corrected chi connectivity index (χ0v) is 17.3. The van der Waals surface area contributed by atoms with E-state index in [0.717, 1.165) is 10.1 Å². The molecule has 7 nitrogen and oxygen atoms in total. The van der Waals surface area contributed by atoms with Gasteiger partial charge in [0.05, 0.1) is 0 Å². The number of likely N-dealkylation sites (N-methyl/N-ethyl adjacent to an activating group) is 1. The molecule has 1 aromatic carbocycles. The molecule has 0 fully saturated rings. The van der Waals surface area contributed by atoms with Gasteiger partial charge in [0, 0.05) is 45.0 Å². The summed E-state index contributed by atoms with van der Waals surface area (Å²) in [6.07, 6.45) is -2.48. The van der Waals surface area contributed by atoms with Crippen LogP contribution < -0.4 is 10.6 Å². The highest BCUT2D eigenvalue weighted by molar-refractivity contribution is 5.73. The minimum Gasteiger partial charge on any atom is -0.374 e. The number of nitrogens with zero attached hydrogens (tertiary/aromatic N) is 3. The Morgan fingerprint density at radius 3 is 2.43 bits per heavy atom. The second-order valence-electron chi connectivity index (χ2n) is 7.41. The summed E-state index contributed by atoms with van der Waals surface area (Å²) in [4.78, 5) is 17.7. The number of urea groups is 1. The van der Waals surface area contributed by atoms with E-state index in [0.29, 0.717) is 13.0 Å². The fraction of sp³-hybridized carbons (Fsp3) is 0.500. The highest BCUT2D eigenvalue weighted by Gasteiger charge is 2.57. The minimum atomic E-state index is -4.93. The SMILES string of the molecule is CN(C)C(CNC(=O)NCCC(O)(c1nccn1C)C(F)(F)F)Cc1ccccc1. The van der Waals surface area contributed by atoms with E-state index < -0.39 is 30.1 Å². The van der Waals surface area contributed by atoms with Gasteiger partial charge in [0.2, 0.25) is 5.60 Å². The van der Waals surface area contributed by atoms with Gasteiger partial charge in [-0.25, -0.2) is 9.78 Å². The number of imidazole rings is 1. The number of halogens is 3. The van der Waals surface area contributed by atoms with Crippen LogP contribution in [0.3, 0.4) is 0 Å². The van der Waals surface area contributed by atoms with Gasteiger partial charge in [0.15, 0.2) is 0 Å². The lowest BCUT2D eigenvalue weighted by molar-refractivity contribution is -0.272. The molecule has 0 saturated heterocycles. The summed E-state index contributed by atoms with van der Waals surface area (Å²) in [7, 11) is 5.15. The molecule has 3 N–H and O–H groups in total. The lowest BCUT2D eigenvalue weighted by Crippen LogP contribution is -2.49. The Labute approximate surface area is 173 Å². The molecule has 0 saturated carbocycles. The highest BCUT2D eigenvalue weighted by atomic mass is 19.4. The van der Waals surface area contributed by atoms with Crippen LogP contribution in [0.2, 0.25) is 0 Å². The maximum Gasteiger partial charge on any atom is 0.424 e. The summed E-state index contributed by atoms with van der Waals surface area (Å²) in [5, 5.41) is 15.3. The zero-order chi connectivity index (χ0) is 22.4. The van der Waals surface area contributed by atoms with Crippen molar-refractivity contribution < 1.29 is 23.1 Å². The third kappa shape index (κ3) is 5.96. The predicted molar refractivity (Wildman–Crippen MR) is 107 cm³/mol. The zero-order valence-electron chi connectivity index (χ0n) is 17.3. The van der Waals surface area contributed by atoms with Gasteiger partial charge in [-0.3, -0.25) is 0 Å². The Morgan fingerprint density at radius 2 is 1.90 bits per heavy atom. The van der Waals surface area contributed by atoms with Crippen molar-refractivity contribution in [1.29, 1.82) is 0 Å². The molecule has 1 heterocycles. The quantitative estimate of drug-likeness (QED) is 0.572. The molecule has 2 aromatic rings. The van der Waals surface area contributed by atoms with Crippen LogP contribution >= 0.6 is 0 Å². The molecular weight excluding hydrogens is 399 g/mol. The molecule has 10 heteroatoms. The molecule has 0 aliphatic rings. The van der Waals surface area contributed by atoms with Gasteiger partial charge in [-0.1, -0.05) is 30.3 Å². The number of carbonyl (C=O) groups is 1. The Morgan fingerprint density at radius 1 is 1.23 bits per heavy atom. The number of nitrogens with one attached hydrogen (secondary N) is 2. The number of benzene rings is 1. The van der Waals surface area contributed by atoms with Gasteiger partial charge in [0.25, 0.3) is 0 Å². The van der Waals surface area contributed by atoms with Crippen molar-refractivity contribution in [2.24, 2.45) is 7.05 Å². The smallest absolute Gasteiger partial charge is 0.374 e. The first kappa shape index (κ1) is 23.7. The molecule has 0 radical (unpaired) electrons. The molecule has 0 aliphatic carbocycles. The Bertz CT molecular complexity index is 810. The largest absolute Gasteiger partial charge is 0.424 e. The number of aryl methyl sites for hydroxylation is 1. The van der Waals surface area contributed by atoms with Crippen molar-refractivity contribution in [3.8, 4) is 0 Å². The fourth-order valence-electron chi connectivity index (χ4n) is 3.10. The van der Waals surface area contributed by atoms with Gasteiger partial charge in [-0.2, -0.15) is 13.2 Å². The van der Waals surface area contributed by atoms with Crippen LogP contribution in [0.5, 0.6) is 0 Å². The minimum absolute atomic E-state index is 0.0119. The topological polar surface area (TPSA) is 82.4 Å². The average molecular weight is 427 g/mol. The summed E-state index contributed by atoms with van der Waals surface area (Å²) >= 11 is 0. The molecule has 0 spiro atoms. The molecule has 2 rings (SSSR count). The van der Waals surface area contributed by atoms with E-state index in [1.54, 1.807) is 0 Å². The van der Waals surface area contributed by atoms with Crippen molar-refractivity contribution in [2.75, 3.05) is 27.2 Å². The molecule has 2 amide bonds. The van der Waals surface area contributed by atoms with E-state index in [1.807, 2.05) is 49.3 Å². The number of hydrogen-bond donors (Lipinski definition) is 3. The van der Waals surface area contributed by atoms with Crippen LogP contribution in [0.25, 0.3) is 0 Å². The Balaban J connectivity index is 1.89. The number of carbonyl (C=O) groups excluding carboxylic acids is 1. The molecule has 1 aromatic heterocycles. The summed E-state index contributed by atoms with van der Waals surface area (Å²) in [5.74, 6) is -0.521. The van der Waals surface area contributed by atoms with E-state index >= 15 is 0 Å². The predicted octanol–water partition coefficient (Wildman–Crippen LogP) is 2.03. The molecular formula is C20H28F3N5O2. The van der Waals surface area contributed by atoms with Crippen molar-refractivity contribution in [3.63, 3.8) is 0 Å². The Hall–Kier alpha value is -2.59. The van der Waals surface area contributed by atoms with Gasteiger partial charge in [-0.15, -0.1) is 0 Å². The molecule has 30 heavy (non-hydrogen) atoms. The number of aliphatic hydroxyl groups is 1. The van der Waals surface area contributed by atoms with Gasteiger partial charge >= 0.3 is 12.2 Å². The number of rotatable bonds is 9. The van der Waals surface area contributed by atoms with Crippen molar-refractivity contribution in [2.45, 2.75) is 30.7 Å². The van der Waals surface area contributed by atoms with Crippen LogP contribution in [0, 0.1) is 0 Å². The molecule has 2 unspecified atom stereocenters. The Kier molecular flexibility index (Phi) is 7.85. The highest BCUT2D eigenvalue weighted by Crippen LogP contribution is 2.40. The van der Waals surface area contributed by atoms with Crippen LogP contribution in [-0.4, -0.2) is 65.0 Å². The summed E-state index contributed by atoms with van der Waals surface area (Å²) in [6.45, 7) is -0.0589. The van der Waals surface area contributed by atoms with E-state index in [1.165, 1.54) is 19.4 Å². The molecule has 0 bridgehead atoms. The second kappa shape index (κ2) is 9.94. The third-order valence-electron chi connectivity index (χ3n) is 4.98.